The van der Waals surface area contributed by atoms with Gasteiger partial charge in [-0.3, -0.25) is 0 Å². The van der Waals surface area contributed by atoms with E-state index in [1.807, 2.05) is 6.92 Å². The third-order valence-electron chi connectivity index (χ3n) is 3.50. The van der Waals surface area contributed by atoms with Crippen molar-refractivity contribution in [2.24, 2.45) is 5.92 Å². The van der Waals surface area contributed by atoms with Gasteiger partial charge < -0.3 is 15.2 Å². The molecule has 5 heteroatoms. The van der Waals surface area contributed by atoms with Gasteiger partial charge in [0.2, 0.25) is 0 Å². The molecule has 0 aromatic rings. The SMILES string of the molecule is C=CC1CCCC1OC(=O)N[C@@H](CCCC)C(=O)O. The third-order valence-corrected chi connectivity index (χ3v) is 3.50. The van der Waals surface area contributed by atoms with Crippen LogP contribution in [0.1, 0.15) is 45.4 Å². The van der Waals surface area contributed by atoms with Gasteiger partial charge in [-0.05, 0) is 25.7 Å². The van der Waals surface area contributed by atoms with E-state index in [1.165, 1.54) is 0 Å². The fourth-order valence-electron chi connectivity index (χ4n) is 2.35. The number of aliphatic carboxylic acids is 1. The van der Waals surface area contributed by atoms with Crippen LogP contribution in [0.3, 0.4) is 0 Å². The van der Waals surface area contributed by atoms with E-state index in [0.29, 0.717) is 6.42 Å². The first-order valence-corrected chi connectivity index (χ1v) is 6.91. The highest BCUT2D eigenvalue weighted by atomic mass is 16.6. The number of carboxylic acid groups (broad SMARTS) is 1. The number of nitrogens with one attached hydrogen (secondary N) is 1. The van der Waals surface area contributed by atoms with Crippen LogP contribution in [0.25, 0.3) is 0 Å². The van der Waals surface area contributed by atoms with Crippen molar-refractivity contribution in [2.45, 2.75) is 57.6 Å². The fourth-order valence-corrected chi connectivity index (χ4v) is 2.35. The summed E-state index contributed by atoms with van der Waals surface area (Å²) in [6, 6.07) is -0.865. The van der Waals surface area contributed by atoms with Crippen LogP contribution in [0.4, 0.5) is 4.79 Å². The Hall–Kier alpha value is -1.52. The second kappa shape index (κ2) is 7.81. The van der Waals surface area contributed by atoms with Crippen molar-refractivity contribution >= 4 is 12.1 Å². The molecule has 0 aliphatic heterocycles. The highest BCUT2D eigenvalue weighted by molar-refractivity contribution is 5.79. The first kappa shape index (κ1) is 15.5. The minimum absolute atomic E-state index is 0.168. The van der Waals surface area contributed by atoms with Crippen LogP contribution in [0.2, 0.25) is 0 Å². The van der Waals surface area contributed by atoms with Crippen molar-refractivity contribution in [3.63, 3.8) is 0 Å². The van der Waals surface area contributed by atoms with E-state index in [4.69, 9.17) is 9.84 Å². The molecular formula is C14H23NO4. The molecular weight excluding hydrogens is 246 g/mol. The average Bonchev–Trinajstić information content (AvgIpc) is 2.81. The maximum absolute atomic E-state index is 11.7. The zero-order valence-electron chi connectivity index (χ0n) is 11.4. The minimum atomic E-state index is -1.02. The summed E-state index contributed by atoms with van der Waals surface area (Å²) in [6.07, 6.45) is 5.87. The Morgan fingerprint density at radius 2 is 2.26 bits per heavy atom. The van der Waals surface area contributed by atoms with Crippen molar-refractivity contribution in [3.05, 3.63) is 12.7 Å². The Bertz CT molecular complexity index is 329. The summed E-state index contributed by atoms with van der Waals surface area (Å²) in [5.41, 5.74) is 0. The van der Waals surface area contributed by atoms with Crippen LogP contribution < -0.4 is 5.32 Å². The molecule has 1 aliphatic rings. The van der Waals surface area contributed by atoms with Gasteiger partial charge in [-0.1, -0.05) is 25.8 Å². The third kappa shape index (κ3) is 4.93. The summed E-state index contributed by atoms with van der Waals surface area (Å²) in [6.45, 7) is 5.70. The van der Waals surface area contributed by atoms with Crippen LogP contribution >= 0.6 is 0 Å². The molecule has 0 bridgehead atoms. The lowest BCUT2D eigenvalue weighted by Gasteiger charge is -2.19. The van der Waals surface area contributed by atoms with E-state index < -0.39 is 18.1 Å². The predicted molar refractivity (Wildman–Crippen MR) is 71.9 cm³/mol. The topological polar surface area (TPSA) is 75.6 Å². The molecule has 1 rings (SSSR count). The Labute approximate surface area is 114 Å². The summed E-state index contributed by atoms with van der Waals surface area (Å²) in [7, 11) is 0. The molecule has 108 valence electrons. The molecule has 2 N–H and O–H groups in total. The Kier molecular flexibility index (Phi) is 6.39. The number of hydrogen-bond acceptors (Lipinski definition) is 3. The van der Waals surface area contributed by atoms with E-state index in [2.05, 4.69) is 11.9 Å². The van der Waals surface area contributed by atoms with Gasteiger partial charge in [0, 0.05) is 5.92 Å². The summed E-state index contributed by atoms with van der Waals surface area (Å²) < 4.78 is 5.29. The van der Waals surface area contributed by atoms with E-state index in [0.717, 1.165) is 32.1 Å². The second-order valence-corrected chi connectivity index (χ2v) is 4.95. The molecule has 0 aromatic carbocycles. The fraction of sp³-hybridized carbons (Fsp3) is 0.714. The highest BCUT2D eigenvalue weighted by Gasteiger charge is 2.29. The van der Waals surface area contributed by atoms with Gasteiger partial charge in [-0.2, -0.15) is 0 Å². The highest BCUT2D eigenvalue weighted by Crippen LogP contribution is 2.28. The van der Waals surface area contributed by atoms with Crippen LogP contribution in [0.15, 0.2) is 12.7 Å². The summed E-state index contributed by atoms with van der Waals surface area (Å²) in [4.78, 5) is 22.7. The van der Waals surface area contributed by atoms with Crippen molar-refractivity contribution in [2.75, 3.05) is 0 Å². The van der Waals surface area contributed by atoms with E-state index in [9.17, 15) is 9.59 Å². The number of amides is 1. The molecule has 1 saturated carbocycles. The summed E-state index contributed by atoms with van der Waals surface area (Å²) in [5, 5.41) is 11.4. The average molecular weight is 269 g/mol. The predicted octanol–water partition coefficient (Wildman–Crippen LogP) is 2.71. The molecule has 0 aromatic heterocycles. The van der Waals surface area contributed by atoms with Gasteiger partial charge in [-0.25, -0.2) is 9.59 Å². The van der Waals surface area contributed by atoms with Crippen LogP contribution in [-0.4, -0.2) is 29.3 Å². The number of hydrogen-bond donors (Lipinski definition) is 2. The maximum Gasteiger partial charge on any atom is 0.408 e. The molecule has 1 aliphatic carbocycles. The molecule has 19 heavy (non-hydrogen) atoms. The standard InChI is InChI=1S/C14H23NO4/c1-3-5-8-11(13(16)17)15-14(18)19-12-9-6-7-10(12)4-2/h4,10-12H,2-3,5-9H2,1H3,(H,15,18)(H,16,17)/t10?,11-,12?/m0/s1. The minimum Gasteiger partial charge on any atom is -0.480 e. The maximum atomic E-state index is 11.7. The van der Waals surface area contributed by atoms with Gasteiger partial charge in [0.15, 0.2) is 0 Å². The van der Waals surface area contributed by atoms with E-state index in [-0.39, 0.29) is 12.0 Å². The first-order valence-electron chi connectivity index (χ1n) is 6.91. The lowest BCUT2D eigenvalue weighted by atomic mass is 10.1. The number of rotatable bonds is 7. The zero-order chi connectivity index (χ0) is 14.3. The summed E-state index contributed by atoms with van der Waals surface area (Å²) in [5.74, 6) is -0.832. The van der Waals surface area contributed by atoms with E-state index >= 15 is 0 Å². The number of carbonyl (C=O) groups excluding carboxylic acids is 1. The molecule has 0 heterocycles. The number of carboxylic acids is 1. The Balaban J connectivity index is 2.43. The van der Waals surface area contributed by atoms with Crippen molar-refractivity contribution in [1.29, 1.82) is 0 Å². The van der Waals surface area contributed by atoms with Crippen molar-refractivity contribution < 1.29 is 19.4 Å². The van der Waals surface area contributed by atoms with Gasteiger partial charge in [0.25, 0.3) is 0 Å². The molecule has 0 radical (unpaired) electrons. The second-order valence-electron chi connectivity index (χ2n) is 4.95. The number of alkyl carbamates (subject to hydrolysis) is 1. The smallest absolute Gasteiger partial charge is 0.408 e. The first-order chi connectivity index (χ1) is 9.08. The van der Waals surface area contributed by atoms with Gasteiger partial charge in [0.05, 0.1) is 0 Å². The Morgan fingerprint density at radius 3 is 2.84 bits per heavy atom. The molecule has 0 spiro atoms. The number of ether oxygens (including phenoxy) is 1. The van der Waals surface area contributed by atoms with Crippen LogP contribution in [0, 0.1) is 5.92 Å². The molecule has 1 fully saturated rings. The molecule has 0 saturated heterocycles. The Morgan fingerprint density at radius 1 is 1.53 bits per heavy atom. The molecule has 1 amide bonds. The van der Waals surface area contributed by atoms with Crippen LogP contribution in [-0.2, 0) is 9.53 Å². The monoisotopic (exact) mass is 269 g/mol. The van der Waals surface area contributed by atoms with Crippen molar-refractivity contribution in [3.8, 4) is 0 Å². The molecule has 5 nitrogen and oxygen atoms in total. The number of carbonyl (C=O) groups is 2. The lowest BCUT2D eigenvalue weighted by Crippen LogP contribution is -2.42. The van der Waals surface area contributed by atoms with Gasteiger partial charge in [-0.15, -0.1) is 6.58 Å². The zero-order valence-corrected chi connectivity index (χ0v) is 11.4. The normalized spacial score (nSPS) is 23.6. The quantitative estimate of drug-likeness (QED) is 0.697. The lowest BCUT2D eigenvalue weighted by molar-refractivity contribution is -0.139. The number of unbranched alkanes of at least 4 members (excludes halogenated alkanes) is 1. The largest absolute Gasteiger partial charge is 0.480 e. The summed E-state index contributed by atoms with van der Waals surface area (Å²) >= 11 is 0. The molecule has 2 unspecified atom stereocenters. The van der Waals surface area contributed by atoms with Crippen molar-refractivity contribution in [1.82, 2.24) is 5.32 Å². The molecule has 3 atom stereocenters. The van der Waals surface area contributed by atoms with Gasteiger partial charge in [0.1, 0.15) is 12.1 Å². The van der Waals surface area contributed by atoms with Gasteiger partial charge >= 0.3 is 12.1 Å². The van der Waals surface area contributed by atoms with E-state index in [1.54, 1.807) is 6.08 Å². The van der Waals surface area contributed by atoms with Crippen LogP contribution in [0.5, 0.6) is 0 Å².